The normalized spacial score (nSPS) is 8.42. The van der Waals surface area contributed by atoms with Gasteiger partial charge in [-0.3, -0.25) is 4.79 Å². The van der Waals surface area contributed by atoms with Crippen molar-refractivity contribution in [2.24, 2.45) is 0 Å². The van der Waals surface area contributed by atoms with E-state index < -0.39 is 0 Å². The Morgan fingerprint density at radius 2 is 2.33 bits per heavy atom. The van der Waals surface area contributed by atoms with Crippen molar-refractivity contribution in [3.05, 3.63) is 23.0 Å². The highest BCUT2D eigenvalue weighted by atomic mass is 35.5. The van der Waals surface area contributed by atoms with Gasteiger partial charge in [0.05, 0.1) is 0 Å². The Hall–Kier alpha value is -1.53. The highest BCUT2D eigenvalue weighted by molar-refractivity contribution is 6.29. The molecule has 0 atom stereocenters. The van der Waals surface area contributed by atoms with Crippen LogP contribution >= 0.6 is 11.6 Å². The Labute approximate surface area is 74.0 Å². The molecule has 1 aromatic rings. The van der Waals surface area contributed by atoms with Crippen LogP contribution in [0.4, 0.5) is 0 Å². The molecule has 0 aliphatic rings. The lowest BCUT2D eigenvalue weighted by Crippen LogP contribution is -1.83. The third-order valence-corrected chi connectivity index (χ3v) is 1.30. The third-order valence-electron chi connectivity index (χ3n) is 1.09. The first kappa shape index (κ1) is 8.57. The molecule has 1 rings (SSSR count). The zero-order valence-corrected chi connectivity index (χ0v) is 6.67. The summed E-state index contributed by atoms with van der Waals surface area (Å²) in [5.41, 5.74) is 0.106. The summed E-state index contributed by atoms with van der Waals surface area (Å²) in [4.78, 5) is 13.6. The van der Waals surface area contributed by atoms with Gasteiger partial charge >= 0.3 is 0 Å². The van der Waals surface area contributed by atoms with E-state index in [9.17, 15) is 4.79 Å². The molecule has 0 aliphatic carbocycles. The van der Waals surface area contributed by atoms with Crippen LogP contribution in [0.1, 0.15) is 5.69 Å². The number of carbonyl (C=O) groups excluding carboxylic acids is 1. The van der Waals surface area contributed by atoms with Crippen LogP contribution in [0.25, 0.3) is 0 Å². The van der Waals surface area contributed by atoms with Crippen LogP contribution in [0.15, 0.2) is 12.1 Å². The molecule has 60 valence electrons. The number of aromatic nitrogens is 1. The lowest BCUT2D eigenvalue weighted by Gasteiger charge is -1.94. The summed E-state index contributed by atoms with van der Waals surface area (Å²) in [5.74, 6) is 4.37. The van der Waals surface area contributed by atoms with Crippen LogP contribution in [-0.4, -0.2) is 16.4 Å². The fourth-order valence-corrected chi connectivity index (χ4v) is 0.765. The van der Waals surface area contributed by atoms with Crippen LogP contribution < -0.4 is 0 Å². The van der Waals surface area contributed by atoms with E-state index in [-0.39, 0.29) is 16.6 Å². The maximum absolute atomic E-state index is 9.86. The molecule has 3 nitrogen and oxygen atoms in total. The molecule has 0 spiro atoms. The molecular formula is C8H4ClNO2. The minimum Gasteiger partial charge on any atom is -0.505 e. The number of hydrogen-bond acceptors (Lipinski definition) is 3. The SMILES string of the molecule is O=CC#Cc1nc(Cl)ccc1O. The smallest absolute Gasteiger partial charge is 0.193 e. The van der Waals surface area contributed by atoms with E-state index in [0.717, 1.165) is 0 Å². The monoisotopic (exact) mass is 181 g/mol. The number of aromatic hydroxyl groups is 1. The molecular weight excluding hydrogens is 178 g/mol. The van der Waals surface area contributed by atoms with Gasteiger partial charge in [0.2, 0.25) is 0 Å². The first-order chi connectivity index (χ1) is 5.74. The van der Waals surface area contributed by atoms with Gasteiger partial charge in [-0.2, -0.15) is 0 Å². The Bertz CT molecular complexity index is 365. The van der Waals surface area contributed by atoms with Crippen LogP contribution in [0.3, 0.4) is 0 Å². The predicted molar refractivity (Wildman–Crippen MR) is 43.9 cm³/mol. The molecule has 0 aromatic carbocycles. The predicted octanol–water partition coefficient (Wildman–Crippen LogP) is 0.991. The maximum Gasteiger partial charge on any atom is 0.193 e. The first-order valence-corrected chi connectivity index (χ1v) is 3.42. The zero-order chi connectivity index (χ0) is 8.97. The number of carbonyl (C=O) groups is 1. The molecule has 0 amide bonds. The second-order valence-corrected chi connectivity index (χ2v) is 2.28. The van der Waals surface area contributed by atoms with Crippen molar-refractivity contribution in [3.63, 3.8) is 0 Å². The molecule has 0 radical (unpaired) electrons. The van der Waals surface area contributed by atoms with Crippen molar-refractivity contribution in [1.29, 1.82) is 0 Å². The third kappa shape index (κ3) is 1.97. The summed E-state index contributed by atoms with van der Waals surface area (Å²) in [6.45, 7) is 0. The van der Waals surface area contributed by atoms with Gasteiger partial charge in [-0.1, -0.05) is 11.6 Å². The summed E-state index contributed by atoms with van der Waals surface area (Å²) >= 11 is 5.52. The van der Waals surface area contributed by atoms with Crippen molar-refractivity contribution in [2.75, 3.05) is 0 Å². The molecule has 1 N–H and O–H groups in total. The summed E-state index contributed by atoms with van der Waals surface area (Å²) in [5, 5.41) is 9.35. The Morgan fingerprint density at radius 1 is 1.58 bits per heavy atom. The highest BCUT2D eigenvalue weighted by Crippen LogP contribution is 2.15. The largest absolute Gasteiger partial charge is 0.505 e. The van der Waals surface area contributed by atoms with Crippen molar-refractivity contribution in [3.8, 4) is 17.6 Å². The number of halogens is 1. The van der Waals surface area contributed by atoms with Gasteiger partial charge < -0.3 is 5.11 Å². The second-order valence-electron chi connectivity index (χ2n) is 1.89. The van der Waals surface area contributed by atoms with Gasteiger partial charge in [0, 0.05) is 0 Å². The van der Waals surface area contributed by atoms with Gasteiger partial charge in [0.15, 0.2) is 12.0 Å². The molecule has 0 fully saturated rings. The van der Waals surface area contributed by atoms with Crippen LogP contribution in [-0.2, 0) is 4.79 Å². The van der Waals surface area contributed by atoms with Crippen molar-refractivity contribution >= 4 is 17.9 Å². The Kier molecular flexibility index (Phi) is 2.67. The Balaban J connectivity index is 3.13. The van der Waals surface area contributed by atoms with E-state index in [1.54, 1.807) is 0 Å². The van der Waals surface area contributed by atoms with E-state index in [4.69, 9.17) is 16.7 Å². The average Bonchev–Trinajstić information content (AvgIpc) is 2.07. The highest BCUT2D eigenvalue weighted by Gasteiger charge is 1.98. The molecule has 12 heavy (non-hydrogen) atoms. The molecule has 0 saturated carbocycles. The summed E-state index contributed by atoms with van der Waals surface area (Å²) in [6, 6.07) is 2.80. The van der Waals surface area contributed by atoms with E-state index in [0.29, 0.717) is 6.29 Å². The number of rotatable bonds is 0. The average molecular weight is 182 g/mol. The van der Waals surface area contributed by atoms with Gasteiger partial charge in [0.25, 0.3) is 0 Å². The quantitative estimate of drug-likeness (QED) is 0.369. The standard InChI is InChI=1S/C8H4ClNO2/c9-8-4-3-7(12)6(10-8)2-1-5-11/h3-5,12H. The fourth-order valence-electron chi connectivity index (χ4n) is 0.618. The Morgan fingerprint density at radius 3 is 3.00 bits per heavy atom. The molecule has 0 aliphatic heterocycles. The zero-order valence-electron chi connectivity index (χ0n) is 5.91. The molecule has 0 unspecified atom stereocenters. The molecule has 4 heteroatoms. The topological polar surface area (TPSA) is 50.2 Å². The van der Waals surface area contributed by atoms with Crippen molar-refractivity contribution in [2.45, 2.75) is 0 Å². The fraction of sp³-hybridized carbons (Fsp3) is 0. The van der Waals surface area contributed by atoms with E-state index in [1.165, 1.54) is 12.1 Å². The summed E-state index contributed by atoms with van der Waals surface area (Å²) < 4.78 is 0. The van der Waals surface area contributed by atoms with E-state index in [1.807, 2.05) is 0 Å². The lowest BCUT2D eigenvalue weighted by molar-refractivity contribution is -0.103. The number of nitrogens with zero attached hydrogens (tertiary/aromatic N) is 1. The lowest BCUT2D eigenvalue weighted by atomic mass is 10.3. The van der Waals surface area contributed by atoms with E-state index >= 15 is 0 Å². The second kappa shape index (κ2) is 3.74. The number of aldehydes is 1. The molecule has 1 heterocycles. The van der Waals surface area contributed by atoms with Crippen LogP contribution in [0.5, 0.6) is 5.75 Å². The molecule has 1 aromatic heterocycles. The maximum atomic E-state index is 9.86. The first-order valence-electron chi connectivity index (χ1n) is 3.04. The van der Waals surface area contributed by atoms with Gasteiger partial charge in [0.1, 0.15) is 10.9 Å². The molecule has 0 bridgehead atoms. The minimum absolute atomic E-state index is 0.0891. The summed E-state index contributed by atoms with van der Waals surface area (Å²) in [6.07, 6.45) is 0.419. The number of pyridine rings is 1. The van der Waals surface area contributed by atoms with Gasteiger partial charge in [-0.15, -0.1) is 0 Å². The summed E-state index contributed by atoms with van der Waals surface area (Å²) in [7, 11) is 0. The van der Waals surface area contributed by atoms with Crippen LogP contribution in [0.2, 0.25) is 5.15 Å². The van der Waals surface area contributed by atoms with Crippen LogP contribution in [0, 0.1) is 11.8 Å². The number of hydrogen-bond donors (Lipinski definition) is 1. The van der Waals surface area contributed by atoms with Crippen molar-refractivity contribution in [1.82, 2.24) is 4.98 Å². The van der Waals surface area contributed by atoms with Crippen molar-refractivity contribution < 1.29 is 9.90 Å². The van der Waals surface area contributed by atoms with Gasteiger partial charge in [-0.25, -0.2) is 4.98 Å². The van der Waals surface area contributed by atoms with Gasteiger partial charge in [-0.05, 0) is 24.0 Å². The molecule has 0 saturated heterocycles. The minimum atomic E-state index is -0.0891. The van der Waals surface area contributed by atoms with E-state index in [2.05, 4.69) is 16.8 Å².